The minimum atomic E-state index is -4.36. The van der Waals surface area contributed by atoms with E-state index >= 15 is 0 Å². The molecule has 1 aliphatic rings. The molecule has 0 saturated carbocycles. The molecule has 0 atom stereocenters. The van der Waals surface area contributed by atoms with Crippen molar-refractivity contribution in [3.05, 3.63) is 54.0 Å². The fourth-order valence-corrected chi connectivity index (χ4v) is 3.08. The number of nitrogens with one attached hydrogen (secondary N) is 1. The molecule has 162 valence electrons. The third-order valence-electron chi connectivity index (χ3n) is 4.65. The second-order valence-corrected chi connectivity index (χ2v) is 6.60. The van der Waals surface area contributed by atoms with Crippen molar-refractivity contribution >= 4 is 11.9 Å². The van der Waals surface area contributed by atoms with Crippen molar-refractivity contribution in [2.45, 2.75) is 6.18 Å². The Bertz CT molecular complexity index is 843. The van der Waals surface area contributed by atoms with Gasteiger partial charge in [-0.3, -0.25) is 9.79 Å². The molecule has 30 heavy (non-hydrogen) atoms. The van der Waals surface area contributed by atoms with Crippen LogP contribution in [0.1, 0.15) is 16.1 Å². The number of alkyl halides is 3. The SMILES string of the molecule is CN=C(NCCOc1ccc(C(F)(F)F)cc1)N1CCN(C(=O)c2ccco2)CC1. The molecule has 2 heterocycles. The van der Waals surface area contributed by atoms with Crippen molar-refractivity contribution in [1.29, 1.82) is 0 Å². The van der Waals surface area contributed by atoms with E-state index in [1.807, 2.05) is 4.90 Å². The lowest BCUT2D eigenvalue weighted by atomic mass is 10.2. The van der Waals surface area contributed by atoms with Gasteiger partial charge in [0.2, 0.25) is 0 Å². The number of carbonyl (C=O) groups excluding carboxylic acids is 1. The first kappa shape index (κ1) is 21.5. The summed E-state index contributed by atoms with van der Waals surface area (Å²) in [4.78, 5) is 20.3. The minimum absolute atomic E-state index is 0.132. The summed E-state index contributed by atoms with van der Waals surface area (Å²) in [6.07, 6.45) is -2.89. The van der Waals surface area contributed by atoms with E-state index in [0.717, 1.165) is 12.1 Å². The number of ether oxygens (including phenoxy) is 1. The molecule has 7 nitrogen and oxygen atoms in total. The minimum Gasteiger partial charge on any atom is -0.492 e. The van der Waals surface area contributed by atoms with E-state index in [4.69, 9.17) is 9.15 Å². The molecule has 10 heteroatoms. The molecule has 1 amide bonds. The summed E-state index contributed by atoms with van der Waals surface area (Å²) >= 11 is 0. The number of carbonyl (C=O) groups is 1. The first-order valence-electron chi connectivity index (χ1n) is 9.47. The van der Waals surface area contributed by atoms with Crippen LogP contribution in [0.3, 0.4) is 0 Å². The molecule has 1 saturated heterocycles. The van der Waals surface area contributed by atoms with Crippen molar-refractivity contribution < 1.29 is 27.1 Å². The molecule has 0 bridgehead atoms. The number of piperazine rings is 1. The number of aliphatic imine (C=N–C) groups is 1. The second-order valence-electron chi connectivity index (χ2n) is 6.60. The molecule has 1 aromatic carbocycles. The molecular formula is C20H23F3N4O3. The van der Waals surface area contributed by atoms with Gasteiger partial charge < -0.3 is 24.3 Å². The number of amides is 1. The highest BCUT2D eigenvalue weighted by atomic mass is 19.4. The number of guanidine groups is 1. The Morgan fingerprint density at radius 2 is 1.80 bits per heavy atom. The summed E-state index contributed by atoms with van der Waals surface area (Å²) < 4.78 is 48.4. The van der Waals surface area contributed by atoms with Crippen LogP contribution in [0.4, 0.5) is 13.2 Å². The molecule has 0 spiro atoms. The number of hydrogen-bond donors (Lipinski definition) is 1. The van der Waals surface area contributed by atoms with E-state index in [-0.39, 0.29) is 12.5 Å². The first-order chi connectivity index (χ1) is 14.4. The maximum Gasteiger partial charge on any atom is 0.416 e. The predicted molar refractivity (Wildman–Crippen MR) is 104 cm³/mol. The first-order valence-corrected chi connectivity index (χ1v) is 9.47. The number of benzene rings is 1. The predicted octanol–water partition coefficient (Wildman–Crippen LogP) is 2.71. The van der Waals surface area contributed by atoms with Crippen LogP contribution in [0, 0.1) is 0 Å². The van der Waals surface area contributed by atoms with Gasteiger partial charge in [-0.1, -0.05) is 0 Å². The Labute approximate surface area is 172 Å². The average molecular weight is 424 g/mol. The molecule has 1 aromatic heterocycles. The monoisotopic (exact) mass is 424 g/mol. The van der Waals surface area contributed by atoms with Crippen LogP contribution in [-0.4, -0.2) is 68.0 Å². The zero-order chi connectivity index (χ0) is 21.6. The summed E-state index contributed by atoms with van der Waals surface area (Å²) in [5.74, 6) is 1.24. The van der Waals surface area contributed by atoms with Crippen LogP contribution < -0.4 is 10.1 Å². The van der Waals surface area contributed by atoms with E-state index in [0.29, 0.717) is 50.2 Å². The Hall–Kier alpha value is -3.17. The van der Waals surface area contributed by atoms with Gasteiger partial charge in [-0.05, 0) is 36.4 Å². The van der Waals surface area contributed by atoms with Gasteiger partial charge in [-0.15, -0.1) is 0 Å². The van der Waals surface area contributed by atoms with E-state index in [1.165, 1.54) is 18.4 Å². The second kappa shape index (κ2) is 9.55. The van der Waals surface area contributed by atoms with Crippen molar-refractivity contribution in [2.24, 2.45) is 4.99 Å². The van der Waals surface area contributed by atoms with Gasteiger partial charge in [-0.2, -0.15) is 13.2 Å². The maximum absolute atomic E-state index is 12.6. The van der Waals surface area contributed by atoms with E-state index < -0.39 is 11.7 Å². The molecule has 2 aromatic rings. The van der Waals surface area contributed by atoms with Gasteiger partial charge in [-0.25, -0.2) is 0 Å². The van der Waals surface area contributed by atoms with Crippen LogP contribution in [0.5, 0.6) is 5.75 Å². The Kier molecular flexibility index (Phi) is 6.86. The molecular weight excluding hydrogens is 401 g/mol. The fourth-order valence-electron chi connectivity index (χ4n) is 3.08. The van der Waals surface area contributed by atoms with Crippen molar-refractivity contribution in [2.75, 3.05) is 46.4 Å². The summed E-state index contributed by atoms with van der Waals surface area (Å²) in [5, 5.41) is 3.17. The Balaban J connectivity index is 1.40. The van der Waals surface area contributed by atoms with E-state index in [9.17, 15) is 18.0 Å². The largest absolute Gasteiger partial charge is 0.492 e. The number of furan rings is 1. The van der Waals surface area contributed by atoms with E-state index in [1.54, 1.807) is 24.1 Å². The standard InChI is InChI=1S/C20H23F3N4O3/c1-24-19(25-8-14-29-16-6-4-15(5-7-16)20(21,22)23)27-11-9-26(10-12-27)18(28)17-3-2-13-30-17/h2-7,13H,8-12,14H2,1H3,(H,24,25). The quantitative estimate of drug-likeness (QED) is 0.454. The van der Waals surface area contributed by atoms with Crippen molar-refractivity contribution in [1.82, 2.24) is 15.1 Å². The highest BCUT2D eigenvalue weighted by molar-refractivity contribution is 5.91. The average Bonchev–Trinajstić information content (AvgIpc) is 3.28. The van der Waals surface area contributed by atoms with Crippen LogP contribution in [-0.2, 0) is 6.18 Å². The van der Waals surface area contributed by atoms with Crippen LogP contribution >= 0.6 is 0 Å². The molecule has 1 N–H and O–H groups in total. The number of nitrogens with zero attached hydrogens (tertiary/aromatic N) is 3. The van der Waals surface area contributed by atoms with E-state index in [2.05, 4.69) is 10.3 Å². The molecule has 0 unspecified atom stereocenters. The lowest BCUT2D eigenvalue weighted by molar-refractivity contribution is -0.137. The lowest BCUT2D eigenvalue weighted by Crippen LogP contribution is -2.54. The zero-order valence-corrected chi connectivity index (χ0v) is 16.5. The summed E-state index contributed by atoms with van der Waals surface area (Å²) in [6.45, 7) is 3.02. The number of hydrogen-bond acceptors (Lipinski definition) is 4. The van der Waals surface area contributed by atoms with Gasteiger partial charge >= 0.3 is 6.18 Å². The van der Waals surface area contributed by atoms with Gasteiger partial charge in [0.05, 0.1) is 18.4 Å². The Morgan fingerprint density at radius 1 is 1.13 bits per heavy atom. The van der Waals surface area contributed by atoms with Gasteiger partial charge in [0.25, 0.3) is 5.91 Å². The van der Waals surface area contributed by atoms with Crippen molar-refractivity contribution in [3.8, 4) is 5.75 Å². The maximum atomic E-state index is 12.6. The lowest BCUT2D eigenvalue weighted by Gasteiger charge is -2.36. The zero-order valence-electron chi connectivity index (χ0n) is 16.5. The van der Waals surface area contributed by atoms with Gasteiger partial charge in [0.15, 0.2) is 11.7 Å². The number of halogens is 3. The summed E-state index contributed by atoms with van der Waals surface area (Å²) in [6, 6.07) is 7.91. The topological polar surface area (TPSA) is 70.3 Å². The highest BCUT2D eigenvalue weighted by Crippen LogP contribution is 2.30. The molecule has 1 fully saturated rings. The van der Waals surface area contributed by atoms with Crippen LogP contribution in [0.2, 0.25) is 0 Å². The highest BCUT2D eigenvalue weighted by Gasteiger charge is 2.30. The number of rotatable bonds is 5. The van der Waals surface area contributed by atoms with Crippen molar-refractivity contribution in [3.63, 3.8) is 0 Å². The third kappa shape index (κ3) is 5.46. The van der Waals surface area contributed by atoms with Crippen LogP contribution in [0.15, 0.2) is 52.1 Å². The molecule has 0 aliphatic carbocycles. The molecule has 0 radical (unpaired) electrons. The molecule has 1 aliphatic heterocycles. The smallest absolute Gasteiger partial charge is 0.416 e. The Morgan fingerprint density at radius 3 is 2.37 bits per heavy atom. The fraction of sp³-hybridized carbons (Fsp3) is 0.400. The normalized spacial score (nSPS) is 15.3. The van der Waals surface area contributed by atoms with Crippen LogP contribution in [0.25, 0.3) is 0 Å². The molecule has 3 rings (SSSR count). The summed E-state index contributed by atoms with van der Waals surface area (Å²) in [5.41, 5.74) is -0.710. The third-order valence-corrected chi connectivity index (χ3v) is 4.65. The summed E-state index contributed by atoms with van der Waals surface area (Å²) in [7, 11) is 1.67. The van der Waals surface area contributed by atoms with Gasteiger partial charge in [0, 0.05) is 33.2 Å². The van der Waals surface area contributed by atoms with Gasteiger partial charge in [0.1, 0.15) is 12.4 Å².